The van der Waals surface area contributed by atoms with Crippen molar-refractivity contribution >= 4 is 34.7 Å². The van der Waals surface area contributed by atoms with Crippen LogP contribution in [0, 0.1) is 44.4 Å². The van der Waals surface area contributed by atoms with Crippen molar-refractivity contribution in [2.24, 2.45) is 23.7 Å². The topological polar surface area (TPSA) is 37.4 Å². The standard InChI is InChI=1S/C31H26ClNO2/c1-17-4-9-20(10-5-17)26(21-11-6-18(2)7-12-21)27-23-14-15-24(27)29-28(23)30(34)33(31(29)35)22-13-8-19(3)25(32)16-22/h4-16,23-24,28-29H,1-3H3/t23-,24-,28-,29-/m1/s1. The van der Waals surface area contributed by atoms with Crippen LogP contribution in [0.5, 0.6) is 0 Å². The molecular formula is C31H26ClNO2. The number of imide groups is 1. The van der Waals surface area contributed by atoms with E-state index in [9.17, 15) is 9.59 Å². The lowest BCUT2D eigenvalue weighted by Crippen LogP contribution is -2.33. The van der Waals surface area contributed by atoms with Crippen molar-refractivity contribution in [1.82, 2.24) is 0 Å². The van der Waals surface area contributed by atoms with E-state index in [4.69, 9.17) is 11.6 Å². The summed E-state index contributed by atoms with van der Waals surface area (Å²) in [7, 11) is 0. The normalized spacial score (nSPS) is 24.5. The Morgan fingerprint density at radius 3 is 1.66 bits per heavy atom. The molecule has 3 nitrogen and oxygen atoms in total. The van der Waals surface area contributed by atoms with Gasteiger partial charge in [-0.25, -0.2) is 4.90 Å². The third-order valence-electron chi connectivity index (χ3n) is 7.80. The Labute approximate surface area is 210 Å². The Bertz CT molecular complexity index is 1350. The molecule has 0 unspecified atom stereocenters. The number of amides is 2. The highest BCUT2D eigenvalue weighted by molar-refractivity contribution is 6.32. The number of carbonyl (C=O) groups is 2. The van der Waals surface area contributed by atoms with E-state index in [0.29, 0.717) is 10.7 Å². The van der Waals surface area contributed by atoms with Crippen molar-refractivity contribution in [2.45, 2.75) is 20.8 Å². The summed E-state index contributed by atoms with van der Waals surface area (Å²) >= 11 is 6.33. The van der Waals surface area contributed by atoms with Crippen LogP contribution in [0.4, 0.5) is 5.69 Å². The van der Waals surface area contributed by atoms with E-state index < -0.39 is 0 Å². The van der Waals surface area contributed by atoms with Crippen molar-refractivity contribution in [3.05, 3.63) is 117 Å². The van der Waals surface area contributed by atoms with Crippen LogP contribution >= 0.6 is 11.6 Å². The number of halogens is 1. The molecule has 1 aliphatic heterocycles. The van der Waals surface area contributed by atoms with Gasteiger partial charge in [0.2, 0.25) is 11.8 Å². The van der Waals surface area contributed by atoms with Gasteiger partial charge in [0.05, 0.1) is 17.5 Å². The molecule has 1 saturated carbocycles. The van der Waals surface area contributed by atoms with Crippen LogP contribution in [0.25, 0.3) is 5.57 Å². The minimum Gasteiger partial charge on any atom is -0.274 e. The van der Waals surface area contributed by atoms with E-state index in [1.165, 1.54) is 21.6 Å². The van der Waals surface area contributed by atoms with Gasteiger partial charge in [-0.3, -0.25) is 9.59 Å². The van der Waals surface area contributed by atoms with Gasteiger partial charge in [-0.05, 0) is 60.7 Å². The van der Waals surface area contributed by atoms with E-state index in [2.05, 4.69) is 74.5 Å². The first kappa shape index (κ1) is 22.1. The number of rotatable bonds is 3. The Morgan fingerprint density at radius 2 is 1.20 bits per heavy atom. The van der Waals surface area contributed by atoms with Crippen molar-refractivity contribution in [3.63, 3.8) is 0 Å². The van der Waals surface area contributed by atoms with Gasteiger partial charge in [0, 0.05) is 16.9 Å². The van der Waals surface area contributed by atoms with Crippen LogP contribution in [0.3, 0.4) is 0 Å². The summed E-state index contributed by atoms with van der Waals surface area (Å²) in [5.74, 6) is -1.19. The summed E-state index contributed by atoms with van der Waals surface area (Å²) in [6.45, 7) is 6.07. The van der Waals surface area contributed by atoms with Crippen LogP contribution in [0.2, 0.25) is 5.02 Å². The maximum Gasteiger partial charge on any atom is 0.238 e. The highest BCUT2D eigenvalue weighted by Gasteiger charge is 2.62. The fourth-order valence-electron chi connectivity index (χ4n) is 6.01. The molecule has 2 amide bonds. The number of hydrogen-bond acceptors (Lipinski definition) is 2. The summed E-state index contributed by atoms with van der Waals surface area (Å²) in [5.41, 5.74) is 8.45. The van der Waals surface area contributed by atoms with Gasteiger partial charge in [-0.15, -0.1) is 0 Å². The maximum absolute atomic E-state index is 13.7. The predicted molar refractivity (Wildman–Crippen MR) is 140 cm³/mol. The minimum absolute atomic E-state index is 0.0926. The molecule has 0 radical (unpaired) electrons. The number of fused-ring (bicyclic) bond motifs is 5. The van der Waals surface area contributed by atoms with Crippen LogP contribution in [0.1, 0.15) is 27.8 Å². The second-order valence-electron chi connectivity index (χ2n) is 10.00. The average molecular weight is 480 g/mol. The monoisotopic (exact) mass is 479 g/mol. The molecule has 2 bridgehead atoms. The van der Waals surface area contributed by atoms with Crippen LogP contribution < -0.4 is 4.90 Å². The lowest BCUT2D eigenvalue weighted by Gasteiger charge is -2.22. The Morgan fingerprint density at radius 1 is 0.714 bits per heavy atom. The van der Waals surface area contributed by atoms with Crippen molar-refractivity contribution < 1.29 is 9.59 Å². The molecule has 0 spiro atoms. The van der Waals surface area contributed by atoms with Crippen LogP contribution in [-0.4, -0.2) is 11.8 Å². The van der Waals surface area contributed by atoms with E-state index in [-0.39, 0.29) is 35.5 Å². The van der Waals surface area contributed by atoms with Crippen molar-refractivity contribution in [3.8, 4) is 0 Å². The lowest BCUT2D eigenvalue weighted by molar-refractivity contribution is -0.122. The molecule has 4 heteroatoms. The first-order valence-electron chi connectivity index (χ1n) is 12.1. The molecular weight excluding hydrogens is 454 g/mol. The number of benzene rings is 3. The van der Waals surface area contributed by atoms with Crippen LogP contribution in [-0.2, 0) is 9.59 Å². The van der Waals surface area contributed by atoms with Crippen LogP contribution in [0.15, 0.2) is 84.5 Å². The molecule has 1 heterocycles. The lowest BCUT2D eigenvalue weighted by atomic mass is 9.85. The fraction of sp³-hybridized carbons (Fsp3) is 0.226. The summed E-state index contributed by atoms with van der Waals surface area (Å²) < 4.78 is 0. The van der Waals surface area contributed by atoms with Gasteiger partial charge in [0.15, 0.2) is 0 Å². The molecule has 174 valence electrons. The predicted octanol–water partition coefficient (Wildman–Crippen LogP) is 6.69. The van der Waals surface area contributed by atoms with Crippen molar-refractivity contribution in [1.29, 1.82) is 0 Å². The van der Waals surface area contributed by atoms with Gasteiger partial charge in [-0.1, -0.05) is 89.5 Å². The SMILES string of the molecule is Cc1ccc(C(=C2[C@H]3C=C[C@H]2[C@H]2C(=O)N(c4ccc(C)c(Cl)c4)C(=O)[C@@H]23)c2ccc(C)cc2)cc1. The highest BCUT2D eigenvalue weighted by Crippen LogP contribution is 2.59. The van der Waals surface area contributed by atoms with Gasteiger partial charge in [0.25, 0.3) is 0 Å². The second kappa shape index (κ2) is 8.07. The zero-order valence-corrected chi connectivity index (χ0v) is 20.7. The fourth-order valence-corrected chi connectivity index (χ4v) is 6.19. The van der Waals surface area contributed by atoms with Gasteiger partial charge in [0.1, 0.15) is 0 Å². The first-order valence-corrected chi connectivity index (χ1v) is 12.4. The number of anilines is 1. The van der Waals surface area contributed by atoms with E-state index in [1.54, 1.807) is 6.07 Å². The molecule has 0 N–H and O–H groups in total. The van der Waals surface area contributed by atoms with E-state index in [1.807, 2.05) is 19.1 Å². The Hall–Kier alpha value is -3.43. The number of carbonyl (C=O) groups excluding carboxylic acids is 2. The molecule has 6 rings (SSSR count). The summed E-state index contributed by atoms with van der Waals surface area (Å²) in [4.78, 5) is 28.8. The third-order valence-corrected chi connectivity index (χ3v) is 8.21. The third kappa shape index (κ3) is 3.33. The number of nitrogens with zero attached hydrogens (tertiary/aromatic N) is 1. The van der Waals surface area contributed by atoms with Gasteiger partial charge in [-0.2, -0.15) is 0 Å². The minimum atomic E-state index is -0.376. The Kier molecular flexibility index (Phi) is 5.08. The molecule has 35 heavy (non-hydrogen) atoms. The Balaban J connectivity index is 1.48. The van der Waals surface area contributed by atoms with Gasteiger partial charge < -0.3 is 0 Å². The number of aryl methyl sites for hydroxylation is 3. The van der Waals surface area contributed by atoms with Crippen molar-refractivity contribution in [2.75, 3.05) is 4.90 Å². The molecule has 3 aliphatic rings. The molecule has 1 saturated heterocycles. The quantitative estimate of drug-likeness (QED) is 0.310. The van der Waals surface area contributed by atoms with E-state index in [0.717, 1.165) is 22.3 Å². The first-order chi connectivity index (χ1) is 16.8. The molecule has 2 aliphatic carbocycles. The molecule has 4 atom stereocenters. The van der Waals surface area contributed by atoms with E-state index >= 15 is 0 Å². The number of hydrogen-bond donors (Lipinski definition) is 0. The average Bonchev–Trinajstić information content (AvgIpc) is 3.48. The molecule has 3 aromatic rings. The van der Waals surface area contributed by atoms with Gasteiger partial charge >= 0.3 is 0 Å². The molecule has 2 fully saturated rings. The zero-order chi connectivity index (χ0) is 24.4. The highest BCUT2D eigenvalue weighted by atomic mass is 35.5. The molecule has 3 aromatic carbocycles. The number of allylic oxidation sites excluding steroid dienone is 3. The smallest absolute Gasteiger partial charge is 0.238 e. The zero-order valence-electron chi connectivity index (χ0n) is 20.0. The molecule has 0 aromatic heterocycles. The largest absolute Gasteiger partial charge is 0.274 e. The summed E-state index contributed by atoms with van der Waals surface area (Å²) in [5, 5.41) is 0.558. The maximum atomic E-state index is 13.7. The summed E-state index contributed by atoms with van der Waals surface area (Å²) in [6.07, 6.45) is 4.28. The second-order valence-corrected chi connectivity index (χ2v) is 10.4. The summed E-state index contributed by atoms with van der Waals surface area (Å²) in [6, 6.07) is 22.5.